The highest BCUT2D eigenvalue weighted by atomic mass is 35.5. The van der Waals surface area contributed by atoms with Crippen molar-refractivity contribution >= 4 is 29.0 Å². The van der Waals surface area contributed by atoms with Crippen molar-refractivity contribution in [2.75, 3.05) is 0 Å². The van der Waals surface area contributed by atoms with Gasteiger partial charge in [-0.05, 0) is 55.8 Å². The van der Waals surface area contributed by atoms with E-state index < -0.39 is 11.6 Å². The molecular weight excluding hydrogens is 373 g/mol. The van der Waals surface area contributed by atoms with E-state index in [1.807, 2.05) is 26.0 Å². The van der Waals surface area contributed by atoms with Gasteiger partial charge in [-0.1, -0.05) is 35.3 Å². The number of rotatable bonds is 6. The molecule has 0 amide bonds. The van der Waals surface area contributed by atoms with E-state index in [2.05, 4.69) is 10.1 Å². The van der Waals surface area contributed by atoms with Gasteiger partial charge in [-0.2, -0.15) is 5.10 Å². The summed E-state index contributed by atoms with van der Waals surface area (Å²) in [7, 11) is 0. The SMILES string of the molecule is CC(C)(C(=O)C(Oc1ccc(Cl)cc1)n1cncn1)c1cccc(Cl)c1. The Bertz CT molecular complexity index is 893. The van der Waals surface area contributed by atoms with Crippen LogP contribution in [0.1, 0.15) is 25.6 Å². The molecule has 1 aromatic heterocycles. The third kappa shape index (κ3) is 3.89. The second-order valence-electron chi connectivity index (χ2n) is 6.30. The van der Waals surface area contributed by atoms with Crippen LogP contribution in [0.3, 0.4) is 0 Å². The fourth-order valence-corrected chi connectivity index (χ4v) is 2.85. The van der Waals surface area contributed by atoms with Crippen LogP contribution in [0.2, 0.25) is 10.0 Å². The highest BCUT2D eigenvalue weighted by Gasteiger charge is 2.38. The molecule has 0 aliphatic rings. The monoisotopic (exact) mass is 389 g/mol. The van der Waals surface area contributed by atoms with E-state index in [0.29, 0.717) is 15.8 Å². The molecule has 1 unspecified atom stereocenters. The van der Waals surface area contributed by atoms with E-state index >= 15 is 0 Å². The van der Waals surface area contributed by atoms with Crippen molar-refractivity contribution in [3.8, 4) is 5.75 Å². The fourth-order valence-electron chi connectivity index (χ4n) is 2.54. The lowest BCUT2D eigenvalue weighted by atomic mass is 9.80. The van der Waals surface area contributed by atoms with Crippen LogP contribution in [0, 0.1) is 0 Å². The molecular formula is C19H17Cl2N3O2. The number of hydrogen-bond donors (Lipinski definition) is 0. The number of aromatic nitrogens is 3. The first-order valence-electron chi connectivity index (χ1n) is 7.94. The lowest BCUT2D eigenvalue weighted by Gasteiger charge is -2.29. The summed E-state index contributed by atoms with van der Waals surface area (Å²) in [4.78, 5) is 17.3. The second kappa shape index (κ2) is 7.48. The molecule has 26 heavy (non-hydrogen) atoms. The molecule has 5 nitrogen and oxygen atoms in total. The van der Waals surface area contributed by atoms with Gasteiger partial charge in [0, 0.05) is 10.0 Å². The molecule has 0 N–H and O–H groups in total. The molecule has 3 aromatic rings. The van der Waals surface area contributed by atoms with Gasteiger partial charge in [0.05, 0.1) is 5.41 Å². The molecule has 3 rings (SSSR count). The largest absolute Gasteiger partial charge is 0.461 e. The second-order valence-corrected chi connectivity index (χ2v) is 7.17. The smallest absolute Gasteiger partial charge is 0.252 e. The van der Waals surface area contributed by atoms with Crippen molar-refractivity contribution in [1.29, 1.82) is 0 Å². The van der Waals surface area contributed by atoms with E-state index in [0.717, 1.165) is 5.56 Å². The number of Topliss-reactive ketones (excluding diaryl/α,β-unsaturated/α-hetero) is 1. The fraction of sp³-hybridized carbons (Fsp3) is 0.211. The van der Waals surface area contributed by atoms with Gasteiger partial charge in [-0.3, -0.25) is 4.79 Å². The van der Waals surface area contributed by atoms with Crippen LogP contribution in [-0.2, 0) is 10.2 Å². The number of benzene rings is 2. The third-order valence-electron chi connectivity index (χ3n) is 4.12. The average molecular weight is 390 g/mol. The number of halogens is 2. The summed E-state index contributed by atoms with van der Waals surface area (Å²) >= 11 is 12.0. The van der Waals surface area contributed by atoms with Crippen LogP contribution in [0.5, 0.6) is 5.75 Å². The van der Waals surface area contributed by atoms with Gasteiger partial charge in [0.15, 0.2) is 0 Å². The van der Waals surface area contributed by atoms with Gasteiger partial charge in [-0.15, -0.1) is 0 Å². The summed E-state index contributed by atoms with van der Waals surface area (Å²) in [6.45, 7) is 3.66. The molecule has 0 aliphatic heterocycles. The predicted octanol–water partition coefficient (Wildman–Crippen LogP) is 4.71. The van der Waals surface area contributed by atoms with Crippen LogP contribution in [0.4, 0.5) is 0 Å². The summed E-state index contributed by atoms with van der Waals surface area (Å²) in [5, 5.41) is 5.24. The first kappa shape index (κ1) is 18.4. The highest BCUT2D eigenvalue weighted by molar-refractivity contribution is 6.30. The van der Waals surface area contributed by atoms with Gasteiger partial charge >= 0.3 is 0 Å². The summed E-state index contributed by atoms with van der Waals surface area (Å²) < 4.78 is 7.33. The molecule has 0 radical (unpaired) electrons. The van der Waals surface area contributed by atoms with Gasteiger partial charge in [0.2, 0.25) is 5.78 Å². The van der Waals surface area contributed by atoms with Crippen LogP contribution in [0.15, 0.2) is 61.2 Å². The Morgan fingerprint density at radius 2 is 1.85 bits per heavy atom. The average Bonchev–Trinajstić information content (AvgIpc) is 3.15. The number of hydrogen-bond acceptors (Lipinski definition) is 4. The van der Waals surface area contributed by atoms with E-state index in [-0.39, 0.29) is 5.78 Å². The molecule has 2 aromatic carbocycles. The number of carbonyl (C=O) groups excluding carboxylic acids is 1. The van der Waals surface area contributed by atoms with Gasteiger partial charge < -0.3 is 4.74 Å². The molecule has 1 heterocycles. The van der Waals surface area contributed by atoms with E-state index in [1.165, 1.54) is 17.3 Å². The number of ether oxygens (including phenoxy) is 1. The minimum Gasteiger partial charge on any atom is -0.461 e. The molecule has 0 fully saturated rings. The van der Waals surface area contributed by atoms with Crippen molar-refractivity contribution < 1.29 is 9.53 Å². The Labute approximate surface area is 161 Å². The Balaban J connectivity index is 1.95. The molecule has 0 spiro atoms. The number of ketones is 1. The van der Waals surface area contributed by atoms with Crippen LogP contribution in [0.25, 0.3) is 0 Å². The summed E-state index contributed by atoms with van der Waals surface area (Å²) in [6.07, 6.45) is 1.83. The Morgan fingerprint density at radius 1 is 1.12 bits per heavy atom. The summed E-state index contributed by atoms with van der Waals surface area (Å²) in [5.74, 6) is 0.324. The van der Waals surface area contributed by atoms with Crippen molar-refractivity contribution in [2.24, 2.45) is 0 Å². The predicted molar refractivity (Wildman–Crippen MR) is 101 cm³/mol. The lowest BCUT2D eigenvalue weighted by Crippen LogP contribution is -2.39. The third-order valence-corrected chi connectivity index (χ3v) is 4.61. The quantitative estimate of drug-likeness (QED) is 0.612. The molecule has 134 valence electrons. The van der Waals surface area contributed by atoms with E-state index in [1.54, 1.807) is 36.4 Å². The lowest BCUT2D eigenvalue weighted by molar-refractivity contribution is -0.135. The van der Waals surface area contributed by atoms with Crippen LogP contribution in [-0.4, -0.2) is 20.5 Å². The topological polar surface area (TPSA) is 57.0 Å². The standard InChI is InChI=1S/C19H17Cl2N3O2/c1-19(2,13-4-3-5-15(21)10-13)17(25)18(24-12-22-11-23-24)26-16-8-6-14(20)7-9-16/h3-12,18H,1-2H3. The highest BCUT2D eigenvalue weighted by Crippen LogP contribution is 2.32. The number of nitrogens with zero attached hydrogens (tertiary/aromatic N) is 3. The molecule has 0 saturated carbocycles. The first-order valence-corrected chi connectivity index (χ1v) is 8.70. The maximum atomic E-state index is 13.4. The van der Waals surface area contributed by atoms with Gasteiger partial charge in [-0.25, -0.2) is 9.67 Å². The molecule has 1 atom stereocenters. The zero-order valence-electron chi connectivity index (χ0n) is 14.3. The minimum absolute atomic E-state index is 0.180. The summed E-state index contributed by atoms with van der Waals surface area (Å²) in [6, 6.07) is 14.0. The summed E-state index contributed by atoms with van der Waals surface area (Å²) in [5.41, 5.74) is -0.0617. The maximum absolute atomic E-state index is 13.4. The van der Waals surface area contributed by atoms with Gasteiger partial charge in [0.1, 0.15) is 18.4 Å². The van der Waals surface area contributed by atoms with E-state index in [9.17, 15) is 4.79 Å². The van der Waals surface area contributed by atoms with Crippen molar-refractivity contribution in [2.45, 2.75) is 25.5 Å². The normalized spacial score (nSPS) is 12.6. The zero-order chi connectivity index (χ0) is 18.7. The molecule has 0 saturated heterocycles. The van der Waals surface area contributed by atoms with Crippen LogP contribution < -0.4 is 4.74 Å². The van der Waals surface area contributed by atoms with Crippen molar-refractivity contribution in [1.82, 2.24) is 14.8 Å². The molecule has 0 aliphatic carbocycles. The number of carbonyl (C=O) groups is 1. The molecule has 7 heteroatoms. The Hall–Kier alpha value is -2.37. The van der Waals surface area contributed by atoms with Crippen molar-refractivity contribution in [3.05, 3.63) is 76.8 Å². The Morgan fingerprint density at radius 3 is 2.46 bits per heavy atom. The first-order chi connectivity index (χ1) is 12.4. The molecule has 0 bridgehead atoms. The maximum Gasteiger partial charge on any atom is 0.252 e. The Kier molecular flexibility index (Phi) is 5.30. The minimum atomic E-state index is -0.979. The van der Waals surface area contributed by atoms with Crippen LogP contribution >= 0.6 is 23.2 Å². The van der Waals surface area contributed by atoms with Gasteiger partial charge in [0.25, 0.3) is 6.23 Å². The van der Waals surface area contributed by atoms with Crippen molar-refractivity contribution in [3.63, 3.8) is 0 Å². The zero-order valence-corrected chi connectivity index (χ0v) is 15.8. The van der Waals surface area contributed by atoms with E-state index in [4.69, 9.17) is 27.9 Å².